The van der Waals surface area contributed by atoms with Gasteiger partial charge in [-0.05, 0) is 69.1 Å². The lowest BCUT2D eigenvalue weighted by atomic mass is 9.99. The van der Waals surface area contributed by atoms with E-state index in [-0.39, 0.29) is 0 Å². The monoisotopic (exact) mass is 669 g/mol. The molecule has 2 aromatic heterocycles. The summed E-state index contributed by atoms with van der Waals surface area (Å²) in [4.78, 5) is 9.95. The first kappa shape index (κ1) is 29.9. The Morgan fingerprint density at radius 3 is 2.08 bits per heavy atom. The molecule has 0 spiro atoms. The third-order valence-electron chi connectivity index (χ3n) is 9.96. The fourth-order valence-electron chi connectivity index (χ4n) is 7.37. The maximum Gasteiger partial charge on any atom is 0.157 e. The Morgan fingerprint density at radius 2 is 1.23 bits per heavy atom. The molecule has 0 amide bonds. The van der Waals surface area contributed by atoms with Crippen molar-refractivity contribution in [3.8, 4) is 11.1 Å². The van der Waals surface area contributed by atoms with Crippen molar-refractivity contribution in [3.63, 3.8) is 0 Å². The second-order valence-electron chi connectivity index (χ2n) is 13.1. The summed E-state index contributed by atoms with van der Waals surface area (Å²) in [5.41, 5.74) is 14.9. The van der Waals surface area contributed by atoms with Gasteiger partial charge in [-0.3, -0.25) is 4.99 Å². The van der Waals surface area contributed by atoms with E-state index in [4.69, 9.17) is 24.6 Å². The summed E-state index contributed by atoms with van der Waals surface area (Å²) in [6, 6.07) is 56.0. The molecule has 0 aliphatic heterocycles. The highest BCUT2D eigenvalue weighted by molar-refractivity contribution is 6.15. The van der Waals surface area contributed by atoms with E-state index in [0.29, 0.717) is 18.2 Å². The molecule has 0 saturated heterocycles. The molecular formula is C47H31N3O2. The summed E-state index contributed by atoms with van der Waals surface area (Å²) >= 11 is 0. The Morgan fingerprint density at radius 1 is 0.500 bits per heavy atom. The summed E-state index contributed by atoms with van der Waals surface area (Å²) in [5, 5.41) is 8.92. The van der Waals surface area contributed by atoms with Crippen LogP contribution >= 0.6 is 0 Å². The SMILES string of the molecule is N/C(=N\C(=N/Cc1cccc2oc3cc(-c4cccc5c4oc4cc6ccccc6cc45)ccc3c12)c1ccccc1)c1ccc2ccccc2c1. The minimum atomic E-state index is 0.402. The van der Waals surface area contributed by atoms with E-state index in [1.807, 2.05) is 60.7 Å². The van der Waals surface area contributed by atoms with E-state index >= 15 is 0 Å². The summed E-state index contributed by atoms with van der Waals surface area (Å²) in [5.74, 6) is 0.991. The molecule has 10 aromatic rings. The zero-order chi connectivity index (χ0) is 34.6. The maximum atomic E-state index is 6.63. The molecule has 10 rings (SSSR count). The number of nitrogens with two attached hydrogens (primary N) is 1. The maximum absolute atomic E-state index is 6.63. The van der Waals surface area contributed by atoms with Gasteiger partial charge in [-0.25, -0.2) is 4.99 Å². The lowest BCUT2D eigenvalue weighted by Crippen LogP contribution is -2.16. The molecule has 5 nitrogen and oxygen atoms in total. The van der Waals surface area contributed by atoms with E-state index in [9.17, 15) is 0 Å². The number of amidine groups is 2. The van der Waals surface area contributed by atoms with Crippen LogP contribution in [0.25, 0.3) is 76.5 Å². The number of fused-ring (bicyclic) bond motifs is 8. The number of para-hydroxylation sites is 1. The van der Waals surface area contributed by atoms with Crippen molar-refractivity contribution in [1.29, 1.82) is 0 Å². The van der Waals surface area contributed by atoms with Crippen molar-refractivity contribution >= 4 is 77.1 Å². The number of furan rings is 2. The van der Waals surface area contributed by atoms with E-state index in [2.05, 4.69) is 103 Å². The lowest BCUT2D eigenvalue weighted by Gasteiger charge is -2.07. The van der Waals surface area contributed by atoms with Gasteiger partial charge in [-0.15, -0.1) is 0 Å². The Labute approximate surface area is 299 Å². The van der Waals surface area contributed by atoms with Gasteiger partial charge in [0, 0.05) is 38.2 Å². The normalized spacial score (nSPS) is 12.6. The molecule has 0 fully saturated rings. The minimum Gasteiger partial charge on any atom is -0.456 e. The van der Waals surface area contributed by atoms with Crippen LogP contribution in [0.5, 0.6) is 0 Å². The second kappa shape index (κ2) is 12.1. The van der Waals surface area contributed by atoms with Gasteiger partial charge >= 0.3 is 0 Å². The topological polar surface area (TPSA) is 77.0 Å². The van der Waals surface area contributed by atoms with Crippen molar-refractivity contribution in [2.45, 2.75) is 6.54 Å². The van der Waals surface area contributed by atoms with E-state index < -0.39 is 0 Å². The number of benzene rings is 8. The molecule has 2 N–H and O–H groups in total. The molecule has 0 atom stereocenters. The average Bonchev–Trinajstić information content (AvgIpc) is 3.76. The van der Waals surface area contributed by atoms with Gasteiger partial charge < -0.3 is 14.6 Å². The summed E-state index contributed by atoms with van der Waals surface area (Å²) in [6.45, 7) is 0.402. The van der Waals surface area contributed by atoms with Crippen LogP contribution in [0, 0.1) is 0 Å². The molecule has 0 bridgehead atoms. The van der Waals surface area contributed by atoms with Crippen LogP contribution in [0.3, 0.4) is 0 Å². The van der Waals surface area contributed by atoms with Crippen molar-refractivity contribution in [3.05, 3.63) is 180 Å². The van der Waals surface area contributed by atoms with Crippen LogP contribution in [0.1, 0.15) is 16.7 Å². The Kier molecular flexibility index (Phi) is 6.96. The van der Waals surface area contributed by atoms with Crippen LogP contribution in [-0.4, -0.2) is 11.7 Å². The number of hydrogen-bond acceptors (Lipinski definition) is 3. The highest BCUT2D eigenvalue weighted by atomic mass is 16.3. The van der Waals surface area contributed by atoms with E-state index in [1.165, 1.54) is 5.39 Å². The van der Waals surface area contributed by atoms with Crippen LogP contribution in [0.4, 0.5) is 0 Å². The average molecular weight is 670 g/mol. The summed E-state index contributed by atoms with van der Waals surface area (Å²) < 4.78 is 13.0. The van der Waals surface area contributed by atoms with Gasteiger partial charge in [0.15, 0.2) is 5.84 Å². The fourth-order valence-corrected chi connectivity index (χ4v) is 7.37. The molecule has 0 aliphatic rings. The van der Waals surface area contributed by atoms with Crippen molar-refractivity contribution in [2.24, 2.45) is 15.7 Å². The van der Waals surface area contributed by atoms with Crippen molar-refractivity contribution in [2.75, 3.05) is 0 Å². The molecule has 0 unspecified atom stereocenters. The molecule has 0 radical (unpaired) electrons. The standard InChI is InChI=1S/C47H31N3O2/c48-46(35-21-20-29-10-4-5-13-31(29)24-35)50-47(30-11-2-1-3-12-30)49-28-36-16-8-19-41-44(36)39-23-22-34(27-42(39)51-41)37-17-9-18-38-40-25-32-14-6-7-15-33(32)26-43(40)52-45(37)38/h1-27H,28H2,(H2,48,49,50). The first-order chi connectivity index (χ1) is 25.7. The molecule has 246 valence electrons. The minimum absolute atomic E-state index is 0.402. The van der Waals surface area contributed by atoms with E-state index in [1.54, 1.807) is 0 Å². The third kappa shape index (κ3) is 5.10. The highest BCUT2D eigenvalue weighted by Crippen LogP contribution is 2.40. The fraction of sp³-hybridized carbons (Fsp3) is 0.0213. The summed E-state index contributed by atoms with van der Waals surface area (Å²) in [7, 11) is 0. The van der Waals surface area contributed by atoms with Gasteiger partial charge in [0.2, 0.25) is 0 Å². The molecule has 0 aliphatic carbocycles. The number of nitrogens with zero attached hydrogens (tertiary/aromatic N) is 2. The van der Waals surface area contributed by atoms with E-state index in [0.717, 1.165) is 87.9 Å². The molecule has 8 aromatic carbocycles. The Bertz CT molecular complexity index is 3060. The predicted molar refractivity (Wildman–Crippen MR) is 215 cm³/mol. The van der Waals surface area contributed by atoms with Gasteiger partial charge in [0.1, 0.15) is 28.2 Å². The van der Waals surface area contributed by atoms with Gasteiger partial charge in [-0.2, -0.15) is 0 Å². The highest BCUT2D eigenvalue weighted by Gasteiger charge is 2.17. The largest absolute Gasteiger partial charge is 0.456 e. The molecule has 2 heterocycles. The van der Waals surface area contributed by atoms with Crippen LogP contribution < -0.4 is 5.73 Å². The number of hydrogen-bond donors (Lipinski definition) is 1. The Hall–Kier alpha value is -6.98. The van der Waals surface area contributed by atoms with Gasteiger partial charge in [0.25, 0.3) is 0 Å². The van der Waals surface area contributed by atoms with Crippen molar-refractivity contribution in [1.82, 2.24) is 0 Å². The smallest absolute Gasteiger partial charge is 0.157 e. The van der Waals surface area contributed by atoms with Gasteiger partial charge in [-0.1, -0.05) is 127 Å². The molecule has 0 saturated carbocycles. The lowest BCUT2D eigenvalue weighted by molar-refractivity contribution is 0.668. The van der Waals surface area contributed by atoms with Gasteiger partial charge in [0.05, 0.1) is 6.54 Å². The van der Waals surface area contributed by atoms with Crippen LogP contribution in [0.2, 0.25) is 0 Å². The summed E-state index contributed by atoms with van der Waals surface area (Å²) in [6.07, 6.45) is 0. The zero-order valence-electron chi connectivity index (χ0n) is 28.1. The number of rotatable bonds is 5. The van der Waals surface area contributed by atoms with Crippen LogP contribution in [0.15, 0.2) is 183 Å². The number of aliphatic imine (C=N–C) groups is 2. The molecular weight excluding hydrogens is 639 g/mol. The predicted octanol–water partition coefficient (Wildman–Crippen LogP) is 11.8. The first-order valence-electron chi connectivity index (χ1n) is 17.4. The van der Waals surface area contributed by atoms with Crippen molar-refractivity contribution < 1.29 is 8.83 Å². The first-order valence-corrected chi connectivity index (χ1v) is 17.4. The molecule has 52 heavy (non-hydrogen) atoms. The quantitative estimate of drug-likeness (QED) is 0.146. The zero-order valence-corrected chi connectivity index (χ0v) is 28.1. The second-order valence-corrected chi connectivity index (χ2v) is 13.1. The van der Waals surface area contributed by atoms with Crippen LogP contribution in [-0.2, 0) is 6.54 Å². The third-order valence-corrected chi connectivity index (χ3v) is 9.96. The Balaban J connectivity index is 1.04. The molecule has 5 heteroatoms.